The lowest BCUT2D eigenvalue weighted by Crippen LogP contribution is -2.36. The lowest BCUT2D eigenvalue weighted by atomic mass is 10.1. The molecular weight excluding hydrogens is 332 g/mol. The Morgan fingerprint density at radius 3 is 2.50 bits per heavy atom. The van der Waals surface area contributed by atoms with E-state index in [1.807, 2.05) is 31.2 Å². The highest BCUT2D eigenvalue weighted by Crippen LogP contribution is 2.12. The van der Waals surface area contributed by atoms with Crippen LogP contribution in [0.5, 0.6) is 5.75 Å². The highest BCUT2D eigenvalue weighted by molar-refractivity contribution is 5.89. The summed E-state index contributed by atoms with van der Waals surface area (Å²) >= 11 is 0. The van der Waals surface area contributed by atoms with Gasteiger partial charge in [0, 0.05) is 13.1 Å². The number of rotatable bonds is 8. The van der Waals surface area contributed by atoms with E-state index in [-0.39, 0.29) is 12.0 Å². The number of amides is 2. The highest BCUT2D eigenvalue weighted by Gasteiger charge is 2.05. The monoisotopic (exact) mass is 356 g/mol. The smallest absolute Gasteiger partial charge is 0.337 e. The molecule has 0 aliphatic heterocycles. The van der Waals surface area contributed by atoms with Crippen molar-refractivity contribution in [3.05, 3.63) is 65.2 Å². The lowest BCUT2D eigenvalue weighted by Gasteiger charge is -2.09. The summed E-state index contributed by atoms with van der Waals surface area (Å²) < 4.78 is 10.3. The van der Waals surface area contributed by atoms with Crippen molar-refractivity contribution in [2.75, 3.05) is 20.3 Å². The Bertz CT molecular complexity index is 729. The van der Waals surface area contributed by atoms with E-state index in [1.54, 1.807) is 24.3 Å². The summed E-state index contributed by atoms with van der Waals surface area (Å²) in [6, 6.07) is 14.5. The van der Waals surface area contributed by atoms with Crippen LogP contribution in [0.2, 0.25) is 0 Å². The van der Waals surface area contributed by atoms with Gasteiger partial charge in [0.25, 0.3) is 0 Å². The molecule has 6 nitrogen and oxygen atoms in total. The molecule has 0 bridgehead atoms. The Morgan fingerprint density at radius 1 is 1.04 bits per heavy atom. The number of aryl methyl sites for hydroxylation is 1. The molecule has 0 aromatic heterocycles. The van der Waals surface area contributed by atoms with Crippen molar-refractivity contribution in [3.63, 3.8) is 0 Å². The third-order valence-corrected chi connectivity index (χ3v) is 3.69. The van der Waals surface area contributed by atoms with Crippen molar-refractivity contribution in [2.45, 2.75) is 19.9 Å². The van der Waals surface area contributed by atoms with Crippen molar-refractivity contribution >= 4 is 12.0 Å². The Balaban J connectivity index is 1.61. The maximum atomic E-state index is 11.8. The first-order chi connectivity index (χ1) is 12.6. The van der Waals surface area contributed by atoms with Gasteiger partial charge in [-0.2, -0.15) is 0 Å². The van der Waals surface area contributed by atoms with Gasteiger partial charge in [-0.05, 0) is 48.7 Å². The van der Waals surface area contributed by atoms with Crippen molar-refractivity contribution in [2.24, 2.45) is 0 Å². The van der Waals surface area contributed by atoms with Crippen LogP contribution in [0, 0.1) is 6.92 Å². The average Bonchev–Trinajstić information content (AvgIpc) is 2.66. The van der Waals surface area contributed by atoms with Gasteiger partial charge in [-0.3, -0.25) is 0 Å². The van der Waals surface area contributed by atoms with Crippen LogP contribution < -0.4 is 15.4 Å². The van der Waals surface area contributed by atoms with Crippen LogP contribution >= 0.6 is 0 Å². The van der Waals surface area contributed by atoms with E-state index in [2.05, 4.69) is 15.4 Å². The van der Waals surface area contributed by atoms with E-state index in [9.17, 15) is 9.59 Å². The summed E-state index contributed by atoms with van der Waals surface area (Å²) in [4.78, 5) is 23.1. The SMILES string of the molecule is COC(=O)c1ccc(CNC(=O)NCCCOc2cccc(C)c2)cc1. The van der Waals surface area contributed by atoms with E-state index >= 15 is 0 Å². The van der Waals surface area contributed by atoms with E-state index in [0.29, 0.717) is 25.3 Å². The Kier molecular flexibility index (Phi) is 7.49. The Hall–Kier alpha value is -3.02. The molecule has 6 heteroatoms. The first kappa shape index (κ1) is 19.3. The van der Waals surface area contributed by atoms with Crippen LogP contribution in [-0.4, -0.2) is 32.3 Å². The number of hydrogen-bond donors (Lipinski definition) is 2. The number of urea groups is 1. The van der Waals surface area contributed by atoms with E-state index in [4.69, 9.17) is 4.74 Å². The maximum absolute atomic E-state index is 11.8. The van der Waals surface area contributed by atoms with Gasteiger partial charge in [0.2, 0.25) is 0 Å². The van der Waals surface area contributed by atoms with Gasteiger partial charge in [-0.25, -0.2) is 9.59 Å². The number of esters is 1. The summed E-state index contributed by atoms with van der Waals surface area (Å²) in [7, 11) is 1.34. The molecule has 0 saturated heterocycles. The topological polar surface area (TPSA) is 76.7 Å². The highest BCUT2D eigenvalue weighted by atomic mass is 16.5. The zero-order valence-corrected chi connectivity index (χ0v) is 15.1. The Labute approximate surface area is 153 Å². The number of benzene rings is 2. The van der Waals surface area contributed by atoms with Crippen LogP contribution in [-0.2, 0) is 11.3 Å². The van der Waals surface area contributed by atoms with Gasteiger partial charge in [-0.15, -0.1) is 0 Å². The predicted octanol–water partition coefficient (Wildman–Crippen LogP) is 3.05. The molecule has 0 atom stereocenters. The van der Waals surface area contributed by atoms with Gasteiger partial charge in [-0.1, -0.05) is 24.3 Å². The van der Waals surface area contributed by atoms with Gasteiger partial charge < -0.3 is 20.1 Å². The fourth-order valence-corrected chi connectivity index (χ4v) is 2.29. The van der Waals surface area contributed by atoms with E-state index in [0.717, 1.165) is 23.3 Å². The summed E-state index contributed by atoms with van der Waals surface area (Å²) in [6.07, 6.45) is 0.717. The summed E-state index contributed by atoms with van der Waals surface area (Å²) in [5.74, 6) is 0.458. The second kappa shape index (κ2) is 10.1. The minimum Gasteiger partial charge on any atom is -0.494 e. The molecule has 0 aliphatic carbocycles. The van der Waals surface area contributed by atoms with Crippen LogP contribution in [0.15, 0.2) is 48.5 Å². The molecule has 2 aromatic carbocycles. The van der Waals surface area contributed by atoms with Crippen molar-refractivity contribution < 1.29 is 19.1 Å². The summed E-state index contributed by atoms with van der Waals surface area (Å²) in [6.45, 7) is 3.46. The number of carbonyl (C=O) groups is 2. The number of ether oxygens (including phenoxy) is 2. The molecule has 0 fully saturated rings. The third kappa shape index (κ3) is 6.47. The molecular formula is C20H24N2O4. The second-order valence-electron chi connectivity index (χ2n) is 5.82. The molecule has 0 unspecified atom stereocenters. The maximum Gasteiger partial charge on any atom is 0.337 e. The van der Waals surface area contributed by atoms with Crippen LogP contribution in [0.3, 0.4) is 0 Å². The summed E-state index contributed by atoms with van der Waals surface area (Å²) in [5.41, 5.74) is 2.53. The van der Waals surface area contributed by atoms with E-state index in [1.165, 1.54) is 7.11 Å². The normalized spacial score (nSPS) is 10.1. The first-order valence-electron chi connectivity index (χ1n) is 8.47. The van der Waals surface area contributed by atoms with Gasteiger partial charge >= 0.3 is 12.0 Å². The van der Waals surface area contributed by atoms with Crippen LogP contribution in [0.25, 0.3) is 0 Å². The van der Waals surface area contributed by atoms with Crippen molar-refractivity contribution in [1.82, 2.24) is 10.6 Å². The zero-order valence-electron chi connectivity index (χ0n) is 15.1. The average molecular weight is 356 g/mol. The number of carbonyl (C=O) groups excluding carboxylic acids is 2. The molecule has 2 amide bonds. The molecule has 0 saturated carbocycles. The molecule has 0 heterocycles. The summed E-state index contributed by atoms with van der Waals surface area (Å²) in [5, 5.41) is 5.56. The molecule has 2 aromatic rings. The molecule has 2 N–H and O–H groups in total. The van der Waals surface area contributed by atoms with Gasteiger partial charge in [0.05, 0.1) is 19.3 Å². The zero-order chi connectivity index (χ0) is 18.8. The quantitative estimate of drug-likeness (QED) is 0.563. The van der Waals surface area contributed by atoms with Gasteiger partial charge in [0.15, 0.2) is 0 Å². The number of methoxy groups -OCH3 is 1. The van der Waals surface area contributed by atoms with Crippen LogP contribution in [0.1, 0.15) is 27.9 Å². The molecule has 0 spiro atoms. The van der Waals surface area contributed by atoms with E-state index < -0.39 is 0 Å². The molecule has 138 valence electrons. The van der Waals surface area contributed by atoms with Crippen molar-refractivity contribution in [1.29, 1.82) is 0 Å². The predicted molar refractivity (Wildman–Crippen MR) is 99.3 cm³/mol. The number of hydrogen-bond acceptors (Lipinski definition) is 4. The third-order valence-electron chi connectivity index (χ3n) is 3.69. The lowest BCUT2D eigenvalue weighted by molar-refractivity contribution is 0.0600. The second-order valence-corrected chi connectivity index (χ2v) is 5.82. The fraction of sp³-hybridized carbons (Fsp3) is 0.300. The molecule has 0 radical (unpaired) electrons. The minimum atomic E-state index is -0.380. The van der Waals surface area contributed by atoms with Crippen molar-refractivity contribution in [3.8, 4) is 5.75 Å². The minimum absolute atomic E-state index is 0.238. The molecule has 0 aliphatic rings. The largest absolute Gasteiger partial charge is 0.494 e. The molecule has 2 rings (SSSR count). The fourth-order valence-electron chi connectivity index (χ4n) is 2.29. The first-order valence-corrected chi connectivity index (χ1v) is 8.47. The Morgan fingerprint density at radius 2 is 1.81 bits per heavy atom. The van der Waals surface area contributed by atoms with Crippen LogP contribution in [0.4, 0.5) is 4.79 Å². The van der Waals surface area contributed by atoms with Gasteiger partial charge in [0.1, 0.15) is 5.75 Å². The standard InChI is InChI=1S/C20H24N2O4/c1-15-5-3-6-18(13-15)26-12-4-11-21-20(24)22-14-16-7-9-17(10-8-16)19(23)25-2/h3,5-10,13H,4,11-12,14H2,1-2H3,(H2,21,22,24). The molecule has 26 heavy (non-hydrogen) atoms. The number of nitrogens with one attached hydrogen (secondary N) is 2.